The average molecular weight is 437 g/mol. The minimum absolute atomic E-state index is 0.652. The van der Waals surface area contributed by atoms with Crippen LogP contribution in [0.2, 0.25) is 10.0 Å². The van der Waals surface area contributed by atoms with Crippen LogP contribution in [0.5, 0.6) is 0 Å². The summed E-state index contributed by atoms with van der Waals surface area (Å²) in [5, 5.41) is 1.40. The highest BCUT2D eigenvalue weighted by molar-refractivity contribution is 9.10. The van der Waals surface area contributed by atoms with E-state index in [0.29, 0.717) is 5.02 Å². The summed E-state index contributed by atoms with van der Waals surface area (Å²) in [5.41, 5.74) is 1.86. The standard InChI is InChI=1S/C19H12BrCl2NS/c20-18-10-5-15(11-19(18)22)23-12-13-1-6-16(7-2-13)24-17-8-3-14(21)4-9-17/h1-12H. The van der Waals surface area contributed by atoms with Crippen molar-refractivity contribution in [2.45, 2.75) is 9.79 Å². The molecule has 3 aromatic carbocycles. The lowest BCUT2D eigenvalue weighted by Crippen LogP contribution is -1.81. The number of aliphatic imine (C=N–C) groups is 1. The Morgan fingerprint density at radius 3 is 2.08 bits per heavy atom. The highest BCUT2D eigenvalue weighted by atomic mass is 79.9. The molecule has 0 spiro atoms. The van der Waals surface area contributed by atoms with E-state index in [0.717, 1.165) is 25.6 Å². The fourth-order valence-corrected chi connectivity index (χ4v) is 3.34. The first kappa shape index (κ1) is 17.6. The van der Waals surface area contributed by atoms with Gasteiger partial charge >= 0.3 is 0 Å². The van der Waals surface area contributed by atoms with Gasteiger partial charge in [0.2, 0.25) is 0 Å². The zero-order chi connectivity index (χ0) is 16.9. The molecule has 0 atom stereocenters. The molecule has 0 unspecified atom stereocenters. The van der Waals surface area contributed by atoms with Crippen molar-refractivity contribution in [3.05, 3.63) is 86.8 Å². The molecule has 0 aromatic heterocycles. The summed E-state index contributed by atoms with van der Waals surface area (Å²) in [6, 6.07) is 21.7. The van der Waals surface area contributed by atoms with Gasteiger partial charge < -0.3 is 0 Å². The second kappa shape index (κ2) is 8.21. The van der Waals surface area contributed by atoms with Crippen LogP contribution in [0.15, 0.2) is 86.0 Å². The van der Waals surface area contributed by atoms with E-state index in [1.54, 1.807) is 11.8 Å². The van der Waals surface area contributed by atoms with Crippen molar-refractivity contribution in [1.29, 1.82) is 0 Å². The predicted molar refractivity (Wildman–Crippen MR) is 108 cm³/mol. The van der Waals surface area contributed by atoms with E-state index in [-0.39, 0.29) is 0 Å². The molecule has 0 heterocycles. The lowest BCUT2D eigenvalue weighted by molar-refractivity contribution is 1.40. The molecular weight excluding hydrogens is 425 g/mol. The normalized spacial score (nSPS) is 11.1. The number of hydrogen-bond acceptors (Lipinski definition) is 2. The summed E-state index contributed by atoms with van der Waals surface area (Å²) in [4.78, 5) is 6.78. The Kier molecular flexibility index (Phi) is 6.01. The summed E-state index contributed by atoms with van der Waals surface area (Å²) < 4.78 is 0.867. The van der Waals surface area contributed by atoms with Crippen molar-refractivity contribution in [3.63, 3.8) is 0 Å². The van der Waals surface area contributed by atoms with Crippen LogP contribution in [-0.4, -0.2) is 6.21 Å². The summed E-state index contributed by atoms with van der Waals surface area (Å²) in [7, 11) is 0. The van der Waals surface area contributed by atoms with Gasteiger partial charge in [-0.3, -0.25) is 4.99 Å². The third-order valence-electron chi connectivity index (χ3n) is 3.20. The Morgan fingerprint density at radius 2 is 1.46 bits per heavy atom. The Hall–Kier alpha value is -1.26. The summed E-state index contributed by atoms with van der Waals surface area (Å²) >= 11 is 17.0. The predicted octanol–water partition coefficient (Wildman–Crippen LogP) is 7.66. The SMILES string of the molecule is Clc1ccc(Sc2ccc(C=Nc3ccc(Br)c(Cl)c3)cc2)cc1. The summed E-state index contributed by atoms with van der Waals surface area (Å²) in [6.45, 7) is 0. The second-order valence-corrected chi connectivity index (χ2v) is 7.83. The molecule has 0 N–H and O–H groups in total. The van der Waals surface area contributed by atoms with E-state index in [2.05, 4.69) is 33.1 Å². The van der Waals surface area contributed by atoms with Gasteiger partial charge in [0.05, 0.1) is 10.7 Å². The van der Waals surface area contributed by atoms with Crippen molar-refractivity contribution < 1.29 is 0 Å². The molecule has 0 radical (unpaired) electrons. The molecule has 120 valence electrons. The smallest absolute Gasteiger partial charge is 0.0645 e. The van der Waals surface area contributed by atoms with Crippen LogP contribution < -0.4 is 0 Å². The van der Waals surface area contributed by atoms with Crippen LogP contribution in [0.3, 0.4) is 0 Å². The Bertz CT molecular complexity index is 862. The quantitative estimate of drug-likeness (QED) is 0.382. The molecule has 0 aliphatic carbocycles. The molecule has 0 aliphatic heterocycles. The van der Waals surface area contributed by atoms with Gasteiger partial charge in [0, 0.05) is 25.5 Å². The van der Waals surface area contributed by atoms with Gasteiger partial charge in [0.25, 0.3) is 0 Å². The molecule has 0 aliphatic rings. The molecule has 5 heteroatoms. The second-order valence-electron chi connectivity index (χ2n) is 4.98. The average Bonchev–Trinajstić information content (AvgIpc) is 2.59. The molecule has 0 fully saturated rings. The van der Waals surface area contributed by atoms with Gasteiger partial charge in [-0.05, 0) is 76.1 Å². The Labute approximate surface area is 163 Å². The molecule has 1 nitrogen and oxygen atoms in total. The van der Waals surface area contributed by atoms with E-state index in [4.69, 9.17) is 23.2 Å². The topological polar surface area (TPSA) is 12.4 Å². The van der Waals surface area contributed by atoms with E-state index < -0.39 is 0 Å². The van der Waals surface area contributed by atoms with Crippen LogP contribution in [0.25, 0.3) is 0 Å². The maximum atomic E-state index is 6.07. The number of rotatable bonds is 4. The zero-order valence-electron chi connectivity index (χ0n) is 12.4. The molecule has 3 aromatic rings. The highest BCUT2D eigenvalue weighted by Crippen LogP contribution is 2.29. The van der Waals surface area contributed by atoms with Crippen LogP contribution >= 0.6 is 50.9 Å². The number of nitrogens with zero attached hydrogens (tertiary/aromatic N) is 1. The van der Waals surface area contributed by atoms with Crippen molar-refractivity contribution in [2.75, 3.05) is 0 Å². The van der Waals surface area contributed by atoms with Crippen molar-refractivity contribution >= 4 is 62.8 Å². The third kappa shape index (κ3) is 4.87. The van der Waals surface area contributed by atoms with E-state index in [1.165, 1.54) is 4.90 Å². The molecule has 24 heavy (non-hydrogen) atoms. The van der Waals surface area contributed by atoms with Crippen LogP contribution in [0.4, 0.5) is 5.69 Å². The van der Waals surface area contributed by atoms with E-state index in [9.17, 15) is 0 Å². The first-order valence-corrected chi connectivity index (χ1v) is 9.49. The first-order chi connectivity index (χ1) is 11.6. The fraction of sp³-hybridized carbons (Fsp3) is 0. The van der Waals surface area contributed by atoms with E-state index in [1.807, 2.05) is 60.8 Å². The maximum absolute atomic E-state index is 6.07. The molecule has 0 saturated carbocycles. The van der Waals surface area contributed by atoms with Gasteiger partial charge in [-0.1, -0.05) is 47.1 Å². The number of hydrogen-bond donors (Lipinski definition) is 0. The van der Waals surface area contributed by atoms with E-state index >= 15 is 0 Å². The maximum Gasteiger partial charge on any atom is 0.0645 e. The van der Waals surface area contributed by atoms with Crippen LogP contribution in [0.1, 0.15) is 5.56 Å². The Balaban J connectivity index is 1.68. The fourth-order valence-electron chi connectivity index (χ4n) is 1.98. The number of benzene rings is 3. The zero-order valence-corrected chi connectivity index (χ0v) is 16.3. The molecule has 0 saturated heterocycles. The largest absolute Gasteiger partial charge is 0.256 e. The Morgan fingerprint density at radius 1 is 0.833 bits per heavy atom. The highest BCUT2D eigenvalue weighted by Gasteiger charge is 1.99. The third-order valence-corrected chi connectivity index (χ3v) is 5.70. The minimum Gasteiger partial charge on any atom is -0.256 e. The van der Waals surface area contributed by atoms with Gasteiger partial charge in [-0.15, -0.1) is 0 Å². The van der Waals surface area contributed by atoms with Gasteiger partial charge in [0.15, 0.2) is 0 Å². The van der Waals surface area contributed by atoms with Gasteiger partial charge in [-0.25, -0.2) is 0 Å². The van der Waals surface area contributed by atoms with Crippen molar-refractivity contribution in [3.8, 4) is 0 Å². The monoisotopic (exact) mass is 435 g/mol. The summed E-state index contributed by atoms with van der Waals surface area (Å²) in [5.74, 6) is 0. The minimum atomic E-state index is 0.652. The molecule has 0 amide bonds. The lowest BCUT2D eigenvalue weighted by Gasteiger charge is -2.02. The molecule has 3 rings (SSSR count). The summed E-state index contributed by atoms with van der Waals surface area (Å²) in [6.07, 6.45) is 1.83. The lowest BCUT2D eigenvalue weighted by atomic mass is 10.2. The van der Waals surface area contributed by atoms with Gasteiger partial charge in [-0.2, -0.15) is 0 Å². The molecular formula is C19H12BrCl2NS. The van der Waals surface area contributed by atoms with Crippen LogP contribution in [0, 0.1) is 0 Å². The molecule has 0 bridgehead atoms. The first-order valence-electron chi connectivity index (χ1n) is 7.13. The van der Waals surface area contributed by atoms with Crippen molar-refractivity contribution in [1.82, 2.24) is 0 Å². The van der Waals surface area contributed by atoms with Gasteiger partial charge in [0.1, 0.15) is 0 Å². The van der Waals surface area contributed by atoms with Crippen LogP contribution in [-0.2, 0) is 0 Å². The number of halogens is 3. The van der Waals surface area contributed by atoms with Crippen molar-refractivity contribution in [2.24, 2.45) is 4.99 Å².